The van der Waals surface area contributed by atoms with Crippen molar-refractivity contribution < 1.29 is 68.2 Å². The Bertz CT molecular complexity index is 1130. The Balaban J connectivity index is 2.47. The van der Waals surface area contributed by atoms with Crippen molar-refractivity contribution in [1.82, 2.24) is 0 Å². The number of rotatable bonds is 39. The van der Waals surface area contributed by atoms with Gasteiger partial charge in [0, 0.05) is 12.8 Å². The lowest BCUT2D eigenvalue weighted by Crippen LogP contribution is -2.64. The third-order valence-electron chi connectivity index (χ3n) is 11.2. The third kappa shape index (κ3) is 28.3. The highest BCUT2D eigenvalue weighted by atomic mass is 31.2. The van der Waals surface area contributed by atoms with Gasteiger partial charge in [-0.2, -0.15) is 0 Å². The van der Waals surface area contributed by atoms with Crippen LogP contribution >= 0.6 is 7.82 Å². The predicted octanol–water partition coefficient (Wildman–Crippen LogP) is 8.03. The van der Waals surface area contributed by atoms with Crippen molar-refractivity contribution in [2.24, 2.45) is 0 Å². The number of carbonyl (C=O) groups excluding carboxylic acids is 2. The first kappa shape index (κ1) is 56.6. The van der Waals surface area contributed by atoms with Crippen LogP contribution in [-0.2, 0) is 32.7 Å². The molecule has 354 valence electrons. The second-order valence-electron chi connectivity index (χ2n) is 16.8. The Morgan fingerprint density at radius 3 is 1.45 bits per heavy atom. The minimum atomic E-state index is -5.13. The first-order chi connectivity index (χ1) is 28.8. The van der Waals surface area contributed by atoms with Gasteiger partial charge in [0.05, 0.1) is 12.7 Å². The number of ether oxygens (including phenoxy) is 2. The Morgan fingerprint density at radius 2 is 0.950 bits per heavy atom. The van der Waals surface area contributed by atoms with E-state index in [0.29, 0.717) is 12.8 Å². The molecule has 0 aromatic carbocycles. The normalized spacial score (nSPS) is 22.8. The molecular formula is C45H85O14P. The number of aliphatic hydroxyl groups excluding tert-OH is 6. The van der Waals surface area contributed by atoms with Crippen LogP contribution in [0.2, 0.25) is 0 Å². The van der Waals surface area contributed by atoms with E-state index < -0.39 is 75.7 Å². The molecule has 1 fully saturated rings. The zero-order valence-electron chi connectivity index (χ0n) is 37.1. The van der Waals surface area contributed by atoms with Gasteiger partial charge in [0.25, 0.3) is 0 Å². The summed E-state index contributed by atoms with van der Waals surface area (Å²) in [5.41, 5.74) is 0. The van der Waals surface area contributed by atoms with E-state index in [0.717, 1.165) is 103 Å². The van der Waals surface area contributed by atoms with Crippen LogP contribution in [0.1, 0.15) is 200 Å². The van der Waals surface area contributed by atoms with Crippen molar-refractivity contribution in [2.45, 2.75) is 249 Å². The van der Waals surface area contributed by atoms with Gasteiger partial charge in [-0.15, -0.1) is 0 Å². The number of hydrogen-bond donors (Lipinski definition) is 7. The van der Waals surface area contributed by atoms with Gasteiger partial charge < -0.3 is 45.0 Å². The van der Waals surface area contributed by atoms with Gasteiger partial charge >= 0.3 is 19.8 Å². The van der Waals surface area contributed by atoms with Crippen molar-refractivity contribution in [2.75, 3.05) is 13.2 Å². The highest BCUT2D eigenvalue weighted by Gasteiger charge is 2.51. The Morgan fingerprint density at radius 1 is 0.550 bits per heavy atom. The SMILES string of the molecule is CCCCCCCC/C=C\CCCCCCCC(=O)OCC(COP(=O)(O)OC1C(O)C(O)C(O)C(O)C1O)OC(=O)CCCCCCCCCCC(O)CCCCCC. The van der Waals surface area contributed by atoms with Crippen LogP contribution in [0, 0.1) is 0 Å². The summed E-state index contributed by atoms with van der Waals surface area (Å²) in [6.07, 6.45) is 19.9. The molecule has 7 atom stereocenters. The summed E-state index contributed by atoms with van der Waals surface area (Å²) in [6, 6.07) is 0. The van der Waals surface area contributed by atoms with E-state index in [1.165, 1.54) is 57.8 Å². The van der Waals surface area contributed by atoms with Gasteiger partial charge in [-0.1, -0.05) is 148 Å². The lowest BCUT2D eigenvalue weighted by atomic mass is 9.85. The van der Waals surface area contributed by atoms with E-state index in [-0.39, 0.29) is 18.9 Å². The van der Waals surface area contributed by atoms with Crippen LogP contribution in [0.4, 0.5) is 0 Å². The molecule has 60 heavy (non-hydrogen) atoms. The van der Waals surface area contributed by atoms with Crippen LogP contribution in [0.15, 0.2) is 12.2 Å². The molecule has 0 radical (unpaired) electrons. The van der Waals surface area contributed by atoms with Gasteiger partial charge in [0.15, 0.2) is 6.10 Å². The van der Waals surface area contributed by atoms with Gasteiger partial charge in [-0.3, -0.25) is 18.6 Å². The summed E-state index contributed by atoms with van der Waals surface area (Å²) in [7, 11) is -5.13. The van der Waals surface area contributed by atoms with Crippen LogP contribution in [0.3, 0.4) is 0 Å². The van der Waals surface area contributed by atoms with Gasteiger partial charge in [0.1, 0.15) is 43.2 Å². The fraction of sp³-hybridized carbons (Fsp3) is 0.911. The lowest BCUT2D eigenvalue weighted by molar-refractivity contribution is -0.220. The Kier molecular flexibility index (Phi) is 33.9. The molecule has 7 unspecified atom stereocenters. The molecule has 7 N–H and O–H groups in total. The number of hydrogen-bond acceptors (Lipinski definition) is 13. The largest absolute Gasteiger partial charge is 0.472 e. The molecule has 0 aromatic rings. The summed E-state index contributed by atoms with van der Waals surface area (Å²) in [6.45, 7) is 3.20. The zero-order valence-corrected chi connectivity index (χ0v) is 38.0. The topological polar surface area (TPSA) is 230 Å². The van der Waals surface area contributed by atoms with Gasteiger partial charge in [-0.25, -0.2) is 4.57 Å². The van der Waals surface area contributed by atoms with Crippen molar-refractivity contribution in [3.05, 3.63) is 12.2 Å². The number of carbonyl (C=O) groups is 2. The van der Waals surface area contributed by atoms with Crippen molar-refractivity contribution in [1.29, 1.82) is 0 Å². The Hall–Kier alpha value is -1.45. The van der Waals surface area contributed by atoms with Crippen molar-refractivity contribution in [3.8, 4) is 0 Å². The molecule has 0 saturated heterocycles. The third-order valence-corrected chi connectivity index (χ3v) is 12.2. The molecule has 0 amide bonds. The smallest absolute Gasteiger partial charge is 0.462 e. The van der Waals surface area contributed by atoms with Crippen LogP contribution in [0.25, 0.3) is 0 Å². The predicted molar refractivity (Wildman–Crippen MR) is 232 cm³/mol. The van der Waals surface area contributed by atoms with Crippen LogP contribution in [-0.4, -0.2) is 110 Å². The quantitative estimate of drug-likeness (QED) is 0.0134. The number of unbranched alkanes of at least 4 members (excludes halogenated alkanes) is 21. The number of allylic oxidation sites excluding steroid dienone is 2. The maximum atomic E-state index is 12.8. The summed E-state index contributed by atoms with van der Waals surface area (Å²) in [4.78, 5) is 35.7. The van der Waals surface area contributed by atoms with Gasteiger partial charge in [0.2, 0.25) is 0 Å². The zero-order chi connectivity index (χ0) is 44.4. The molecule has 15 heteroatoms. The standard InChI is InChI=1S/C45H85O14P/c1-3-5-7-9-10-11-12-13-14-15-16-17-21-24-28-32-38(47)56-34-37(35-57-60(54,55)59-45-43(52)41(50)40(49)42(51)44(45)53)58-39(48)33-29-25-22-19-18-20-23-27-31-36(46)30-26-8-6-4-2/h13-14,36-37,40-46,49-53H,3-12,15-35H2,1-2H3,(H,54,55)/b14-13-. The fourth-order valence-corrected chi connectivity index (χ4v) is 8.28. The molecule has 0 aromatic heterocycles. The molecule has 1 aliphatic carbocycles. The average Bonchev–Trinajstić information content (AvgIpc) is 3.22. The average molecular weight is 881 g/mol. The molecule has 1 rings (SSSR count). The van der Waals surface area contributed by atoms with Gasteiger partial charge in [-0.05, 0) is 51.4 Å². The van der Waals surface area contributed by atoms with E-state index in [1.807, 2.05) is 0 Å². The van der Waals surface area contributed by atoms with Crippen molar-refractivity contribution >= 4 is 19.8 Å². The molecule has 0 bridgehead atoms. The Labute approximate surface area is 361 Å². The molecule has 14 nitrogen and oxygen atoms in total. The number of phosphoric ester groups is 1. The highest BCUT2D eigenvalue weighted by molar-refractivity contribution is 7.47. The lowest BCUT2D eigenvalue weighted by Gasteiger charge is -2.41. The maximum Gasteiger partial charge on any atom is 0.472 e. The molecule has 0 spiro atoms. The van der Waals surface area contributed by atoms with E-state index in [4.69, 9.17) is 18.5 Å². The number of aliphatic hydroxyl groups is 6. The minimum absolute atomic E-state index is 0.0708. The number of phosphoric acid groups is 1. The molecule has 0 aliphatic heterocycles. The van der Waals surface area contributed by atoms with Crippen LogP contribution in [0.5, 0.6) is 0 Å². The molecular weight excluding hydrogens is 795 g/mol. The summed E-state index contributed by atoms with van der Waals surface area (Å²) in [5, 5.41) is 60.3. The van der Waals surface area contributed by atoms with Crippen LogP contribution < -0.4 is 0 Å². The second kappa shape index (κ2) is 35.9. The van der Waals surface area contributed by atoms with E-state index in [2.05, 4.69) is 26.0 Å². The fourth-order valence-electron chi connectivity index (χ4n) is 7.30. The van der Waals surface area contributed by atoms with Crippen molar-refractivity contribution in [3.63, 3.8) is 0 Å². The first-order valence-electron chi connectivity index (χ1n) is 23.6. The molecule has 0 heterocycles. The molecule has 1 saturated carbocycles. The molecule has 1 aliphatic rings. The maximum absolute atomic E-state index is 12.8. The van der Waals surface area contributed by atoms with E-state index in [9.17, 15) is 49.7 Å². The first-order valence-corrected chi connectivity index (χ1v) is 25.1. The van der Waals surface area contributed by atoms with E-state index >= 15 is 0 Å². The summed E-state index contributed by atoms with van der Waals surface area (Å²) < 4.78 is 33.5. The summed E-state index contributed by atoms with van der Waals surface area (Å²) in [5.74, 6) is -1.14. The monoisotopic (exact) mass is 881 g/mol. The minimum Gasteiger partial charge on any atom is -0.462 e. The van der Waals surface area contributed by atoms with E-state index in [1.54, 1.807) is 0 Å². The summed E-state index contributed by atoms with van der Waals surface area (Å²) >= 11 is 0. The second-order valence-corrected chi connectivity index (χ2v) is 18.2. The number of esters is 2. The highest BCUT2D eigenvalue weighted by Crippen LogP contribution is 2.47.